The number of carbonyl (C=O) groups is 1. The molecule has 0 spiro atoms. The highest BCUT2D eigenvalue weighted by Crippen LogP contribution is 2.27. The van der Waals surface area contributed by atoms with E-state index in [1.165, 1.54) is 36.8 Å². The van der Waals surface area contributed by atoms with Crippen LogP contribution in [0.4, 0.5) is 0 Å². The number of rotatable bonds is 6. The Balaban J connectivity index is 1.83. The molecule has 1 aliphatic carbocycles. The summed E-state index contributed by atoms with van der Waals surface area (Å²) in [4.78, 5) is 15.1. The summed E-state index contributed by atoms with van der Waals surface area (Å²) in [5.74, 6) is -0.00612. The molecule has 0 amide bonds. The maximum absolute atomic E-state index is 10.4. The third kappa shape index (κ3) is 3.96. The normalized spacial score (nSPS) is 16.3. The molecule has 0 bridgehead atoms. The molecule has 1 saturated carbocycles. The summed E-state index contributed by atoms with van der Waals surface area (Å²) >= 11 is 1.66. The van der Waals surface area contributed by atoms with Crippen molar-refractivity contribution in [2.24, 2.45) is 5.92 Å². The van der Waals surface area contributed by atoms with Crippen LogP contribution in [0.15, 0.2) is 18.2 Å². The van der Waals surface area contributed by atoms with Gasteiger partial charge in [0.1, 0.15) is 0 Å². The summed E-state index contributed by atoms with van der Waals surface area (Å²) in [5.41, 5.74) is 0. The van der Waals surface area contributed by atoms with Gasteiger partial charge in [0.15, 0.2) is 0 Å². The van der Waals surface area contributed by atoms with Gasteiger partial charge in [0.25, 0.3) is 0 Å². The van der Waals surface area contributed by atoms with E-state index in [0.29, 0.717) is 0 Å². The lowest BCUT2D eigenvalue weighted by atomic mass is 9.85. The van der Waals surface area contributed by atoms with Gasteiger partial charge >= 0.3 is 5.97 Å². The second-order valence-electron chi connectivity index (χ2n) is 4.97. The molecule has 2 rings (SSSR count). The van der Waals surface area contributed by atoms with Crippen LogP contribution in [0.3, 0.4) is 0 Å². The summed E-state index contributed by atoms with van der Waals surface area (Å²) < 4.78 is 0. The molecule has 0 saturated heterocycles. The van der Waals surface area contributed by atoms with E-state index in [1.807, 2.05) is 6.07 Å². The Bertz CT molecular complexity index is 435. The van der Waals surface area contributed by atoms with Crippen molar-refractivity contribution in [1.82, 2.24) is 4.90 Å². The summed E-state index contributed by atoms with van der Waals surface area (Å²) in [6.07, 6.45) is 6.99. The van der Waals surface area contributed by atoms with Crippen molar-refractivity contribution in [2.75, 3.05) is 13.6 Å². The van der Waals surface area contributed by atoms with Crippen LogP contribution >= 0.6 is 11.3 Å². The number of carboxylic acids is 1. The number of hydrogen-bond donors (Lipinski definition) is 1. The predicted octanol–water partition coefficient (Wildman–Crippen LogP) is 3.08. The maximum Gasteiger partial charge on any atom is 0.328 e. The molecule has 0 aliphatic heterocycles. The first-order valence-corrected chi connectivity index (χ1v) is 7.13. The van der Waals surface area contributed by atoms with Crippen molar-refractivity contribution >= 4 is 23.4 Å². The third-order valence-electron chi connectivity index (χ3n) is 3.29. The molecule has 1 aromatic rings. The predicted molar refractivity (Wildman–Crippen MR) is 74.7 cm³/mol. The van der Waals surface area contributed by atoms with Crippen LogP contribution < -0.4 is 0 Å². The summed E-state index contributed by atoms with van der Waals surface area (Å²) in [7, 11) is 2.16. The topological polar surface area (TPSA) is 40.5 Å². The monoisotopic (exact) mass is 265 g/mol. The first-order chi connectivity index (χ1) is 8.63. The molecule has 1 N–H and O–H groups in total. The zero-order chi connectivity index (χ0) is 13.0. The van der Waals surface area contributed by atoms with Crippen LogP contribution in [0.2, 0.25) is 0 Å². The van der Waals surface area contributed by atoms with Gasteiger partial charge in [-0.2, -0.15) is 0 Å². The molecular weight excluding hydrogens is 246 g/mol. The Hall–Kier alpha value is -1.13. The average molecular weight is 265 g/mol. The van der Waals surface area contributed by atoms with Gasteiger partial charge < -0.3 is 10.0 Å². The minimum absolute atomic E-state index is 0.890. The van der Waals surface area contributed by atoms with E-state index in [-0.39, 0.29) is 0 Å². The van der Waals surface area contributed by atoms with Gasteiger partial charge in [0.2, 0.25) is 0 Å². The summed E-state index contributed by atoms with van der Waals surface area (Å²) in [6, 6.07) is 4.07. The highest BCUT2D eigenvalue weighted by molar-refractivity contribution is 7.12. The van der Waals surface area contributed by atoms with E-state index in [0.717, 1.165) is 17.3 Å². The highest BCUT2D eigenvalue weighted by atomic mass is 32.1. The quantitative estimate of drug-likeness (QED) is 0.804. The minimum atomic E-state index is -0.896. The number of aliphatic carboxylic acids is 1. The van der Waals surface area contributed by atoms with E-state index >= 15 is 0 Å². The Kier molecular flexibility index (Phi) is 4.55. The van der Waals surface area contributed by atoms with Crippen LogP contribution in [-0.4, -0.2) is 29.6 Å². The standard InChI is InChI=1S/C14H19NO2S/c1-15(9-11-3-2-4-11)10-13-6-5-12(18-13)7-8-14(16)17/h5-8,11H,2-4,9-10H2,1H3,(H,16,17)/b8-7+. The Morgan fingerprint density at radius 1 is 1.56 bits per heavy atom. The number of hydrogen-bond acceptors (Lipinski definition) is 3. The lowest BCUT2D eigenvalue weighted by molar-refractivity contribution is -0.131. The Morgan fingerprint density at radius 2 is 2.33 bits per heavy atom. The Labute approximate surface area is 112 Å². The van der Waals surface area contributed by atoms with Crippen molar-refractivity contribution in [1.29, 1.82) is 0 Å². The second kappa shape index (κ2) is 6.16. The molecule has 0 unspecified atom stereocenters. The fourth-order valence-corrected chi connectivity index (χ4v) is 3.17. The lowest BCUT2D eigenvalue weighted by Crippen LogP contribution is -2.28. The fourth-order valence-electron chi connectivity index (χ4n) is 2.17. The molecule has 98 valence electrons. The average Bonchev–Trinajstić information content (AvgIpc) is 2.68. The zero-order valence-electron chi connectivity index (χ0n) is 10.6. The molecule has 1 aliphatic rings. The van der Waals surface area contributed by atoms with Crippen LogP contribution in [0.25, 0.3) is 6.08 Å². The van der Waals surface area contributed by atoms with E-state index < -0.39 is 5.97 Å². The molecule has 4 heteroatoms. The molecule has 3 nitrogen and oxygen atoms in total. The largest absolute Gasteiger partial charge is 0.478 e. The maximum atomic E-state index is 10.4. The number of thiophene rings is 1. The Morgan fingerprint density at radius 3 is 2.94 bits per heavy atom. The molecule has 1 fully saturated rings. The van der Waals surface area contributed by atoms with E-state index in [2.05, 4.69) is 18.0 Å². The second-order valence-corrected chi connectivity index (χ2v) is 6.17. The van der Waals surface area contributed by atoms with Crippen molar-refractivity contribution in [3.8, 4) is 0 Å². The van der Waals surface area contributed by atoms with Crippen molar-refractivity contribution in [3.63, 3.8) is 0 Å². The SMILES string of the molecule is CN(Cc1ccc(/C=C/C(=O)O)s1)CC1CCC1. The molecule has 1 aromatic heterocycles. The van der Waals surface area contributed by atoms with Crippen LogP contribution in [0, 0.1) is 5.92 Å². The van der Waals surface area contributed by atoms with Gasteiger partial charge in [-0.05, 0) is 44.0 Å². The molecule has 0 atom stereocenters. The molecule has 1 heterocycles. The first kappa shape index (κ1) is 13.3. The molecular formula is C14H19NO2S. The van der Waals surface area contributed by atoms with E-state index in [4.69, 9.17) is 5.11 Å². The minimum Gasteiger partial charge on any atom is -0.478 e. The van der Waals surface area contributed by atoms with Gasteiger partial charge in [-0.3, -0.25) is 0 Å². The number of nitrogens with zero attached hydrogens (tertiary/aromatic N) is 1. The third-order valence-corrected chi connectivity index (χ3v) is 4.33. The van der Waals surface area contributed by atoms with Crippen LogP contribution in [0.5, 0.6) is 0 Å². The summed E-state index contributed by atoms with van der Waals surface area (Å²) in [5, 5.41) is 8.57. The van der Waals surface area contributed by atoms with Crippen molar-refractivity contribution < 1.29 is 9.90 Å². The molecule has 0 aromatic carbocycles. The van der Waals surface area contributed by atoms with Gasteiger partial charge in [0.05, 0.1) is 0 Å². The lowest BCUT2D eigenvalue weighted by Gasteiger charge is -2.29. The van der Waals surface area contributed by atoms with Gasteiger partial charge in [-0.15, -0.1) is 11.3 Å². The smallest absolute Gasteiger partial charge is 0.328 e. The van der Waals surface area contributed by atoms with Gasteiger partial charge in [-0.25, -0.2) is 4.79 Å². The van der Waals surface area contributed by atoms with E-state index in [9.17, 15) is 4.79 Å². The van der Waals surface area contributed by atoms with Crippen molar-refractivity contribution in [3.05, 3.63) is 28.0 Å². The first-order valence-electron chi connectivity index (χ1n) is 6.32. The van der Waals surface area contributed by atoms with E-state index in [1.54, 1.807) is 17.4 Å². The highest BCUT2D eigenvalue weighted by Gasteiger charge is 2.19. The number of carboxylic acid groups (broad SMARTS) is 1. The van der Waals surface area contributed by atoms with Gasteiger partial charge in [0, 0.05) is 28.9 Å². The summed E-state index contributed by atoms with van der Waals surface area (Å²) in [6.45, 7) is 2.14. The molecule has 0 radical (unpaired) electrons. The zero-order valence-corrected chi connectivity index (χ0v) is 11.4. The molecule has 18 heavy (non-hydrogen) atoms. The van der Waals surface area contributed by atoms with Crippen molar-refractivity contribution in [2.45, 2.75) is 25.8 Å². The van der Waals surface area contributed by atoms with Crippen LogP contribution in [0.1, 0.15) is 29.0 Å². The van der Waals surface area contributed by atoms with Crippen LogP contribution in [-0.2, 0) is 11.3 Å². The fraction of sp³-hybridized carbons (Fsp3) is 0.500. The van der Waals surface area contributed by atoms with Gasteiger partial charge in [-0.1, -0.05) is 6.42 Å².